The molecule has 3 aromatic rings. The van der Waals surface area contributed by atoms with Gasteiger partial charge in [0.05, 0.1) is 19.0 Å². The van der Waals surface area contributed by atoms with Crippen LogP contribution in [0.15, 0.2) is 55.0 Å². The Hall–Kier alpha value is -4.21. The number of hydrogen-bond donors (Lipinski definition) is 2. The van der Waals surface area contributed by atoms with Gasteiger partial charge >= 0.3 is 6.09 Å². The van der Waals surface area contributed by atoms with Crippen molar-refractivity contribution >= 4 is 23.6 Å². The fourth-order valence-electron chi connectivity index (χ4n) is 3.31. The third-order valence-electron chi connectivity index (χ3n) is 5.15. The maximum Gasteiger partial charge on any atom is 0.407 e. The zero-order valence-electron chi connectivity index (χ0n) is 17.4. The molecule has 2 amide bonds. The highest BCUT2D eigenvalue weighted by molar-refractivity contribution is 5.92. The lowest BCUT2D eigenvalue weighted by Crippen LogP contribution is -2.50. The molecule has 2 aromatic heterocycles. The number of anilines is 2. The Morgan fingerprint density at radius 1 is 0.875 bits per heavy atom. The summed E-state index contributed by atoms with van der Waals surface area (Å²) in [6.07, 6.45) is 4.02. The second kappa shape index (κ2) is 9.29. The van der Waals surface area contributed by atoms with E-state index < -0.39 is 6.09 Å². The van der Waals surface area contributed by atoms with Crippen molar-refractivity contribution in [3.05, 3.63) is 60.7 Å². The fraction of sp³-hybridized carbons (Fsp3) is 0.227. The van der Waals surface area contributed by atoms with E-state index in [1.807, 2.05) is 24.3 Å². The monoisotopic (exact) mass is 434 g/mol. The molecule has 1 aromatic carbocycles. The Bertz CT molecular complexity index is 1080. The fourth-order valence-corrected chi connectivity index (χ4v) is 3.31. The highest BCUT2D eigenvalue weighted by Gasteiger charge is 2.25. The van der Waals surface area contributed by atoms with Gasteiger partial charge in [0.25, 0.3) is 5.91 Å². The Labute approximate surface area is 184 Å². The number of pyridine rings is 1. The highest BCUT2D eigenvalue weighted by Crippen LogP contribution is 2.22. The predicted octanol–water partition coefficient (Wildman–Crippen LogP) is 2.73. The predicted molar refractivity (Wildman–Crippen MR) is 117 cm³/mol. The number of benzene rings is 1. The van der Waals surface area contributed by atoms with Crippen LogP contribution in [0.25, 0.3) is 11.1 Å². The number of methoxy groups -OCH3 is 1. The molecule has 1 aliphatic heterocycles. The minimum atomic E-state index is -0.968. The largest absolute Gasteiger partial charge is 0.497 e. The van der Waals surface area contributed by atoms with Gasteiger partial charge in [0.1, 0.15) is 11.4 Å². The minimum Gasteiger partial charge on any atom is -0.497 e. The lowest BCUT2D eigenvalue weighted by molar-refractivity contribution is 0.0619. The van der Waals surface area contributed by atoms with Gasteiger partial charge in [-0.3, -0.25) is 4.79 Å². The average Bonchev–Trinajstić information content (AvgIpc) is 2.85. The van der Waals surface area contributed by atoms with Crippen molar-refractivity contribution in [2.45, 2.75) is 0 Å². The van der Waals surface area contributed by atoms with Gasteiger partial charge in [-0.15, -0.1) is 0 Å². The summed E-state index contributed by atoms with van der Waals surface area (Å²) in [7, 11) is 1.62. The second-order valence-electron chi connectivity index (χ2n) is 7.14. The van der Waals surface area contributed by atoms with Gasteiger partial charge in [-0.25, -0.2) is 19.7 Å². The number of hydrogen-bond acceptors (Lipinski definition) is 7. The molecule has 10 heteroatoms. The van der Waals surface area contributed by atoms with E-state index in [0.29, 0.717) is 43.5 Å². The molecule has 4 rings (SSSR count). The SMILES string of the molecule is COc1ccc(-c2cnc(Nc3ccc(C(=O)N4CCN(C(=O)O)CC4)nc3)nc2)cc1. The zero-order chi connectivity index (χ0) is 22.5. The van der Waals surface area contributed by atoms with Crippen LogP contribution in [0.1, 0.15) is 10.5 Å². The number of piperazine rings is 1. The Balaban J connectivity index is 1.36. The summed E-state index contributed by atoms with van der Waals surface area (Å²) in [5.41, 5.74) is 2.80. The first-order chi connectivity index (χ1) is 15.5. The van der Waals surface area contributed by atoms with Crippen molar-refractivity contribution in [3.8, 4) is 16.9 Å². The molecule has 1 saturated heterocycles. The van der Waals surface area contributed by atoms with Crippen LogP contribution >= 0.6 is 0 Å². The molecular weight excluding hydrogens is 412 g/mol. The topological polar surface area (TPSA) is 121 Å². The first-order valence-electron chi connectivity index (χ1n) is 10.00. The van der Waals surface area contributed by atoms with Crippen LogP contribution in [0.5, 0.6) is 5.75 Å². The molecule has 0 atom stereocenters. The van der Waals surface area contributed by atoms with Gasteiger partial charge in [0.15, 0.2) is 0 Å². The molecule has 0 radical (unpaired) electrons. The molecule has 0 saturated carbocycles. The van der Waals surface area contributed by atoms with Gasteiger partial charge in [-0.1, -0.05) is 12.1 Å². The van der Waals surface area contributed by atoms with Gasteiger partial charge in [-0.05, 0) is 29.8 Å². The first kappa shape index (κ1) is 21.0. The number of carbonyl (C=O) groups is 2. The smallest absolute Gasteiger partial charge is 0.407 e. The van der Waals surface area contributed by atoms with Gasteiger partial charge in [0, 0.05) is 44.1 Å². The summed E-state index contributed by atoms with van der Waals surface area (Å²) in [5.74, 6) is 0.972. The van der Waals surface area contributed by atoms with E-state index in [0.717, 1.165) is 16.9 Å². The third kappa shape index (κ3) is 4.75. The van der Waals surface area contributed by atoms with E-state index in [1.165, 1.54) is 4.90 Å². The van der Waals surface area contributed by atoms with Crippen LogP contribution in [0, 0.1) is 0 Å². The number of aromatic nitrogens is 3. The van der Waals surface area contributed by atoms with Crippen molar-refractivity contribution in [1.82, 2.24) is 24.8 Å². The van der Waals surface area contributed by atoms with Crippen molar-refractivity contribution in [2.24, 2.45) is 0 Å². The summed E-state index contributed by atoms with van der Waals surface area (Å²) < 4.78 is 5.17. The Kier molecular flexibility index (Phi) is 6.11. The number of rotatable bonds is 5. The average molecular weight is 434 g/mol. The Morgan fingerprint density at radius 2 is 1.53 bits per heavy atom. The van der Waals surface area contributed by atoms with E-state index >= 15 is 0 Å². The lowest BCUT2D eigenvalue weighted by atomic mass is 10.1. The van der Waals surface area contributed by atoms with Gasteiger partial charge in [0.2, 0.25) is 5.95 Å². The highest BCUT2D eigenvalue weighted by atomic mass is 16.5. The third-order valence-corrected chi connectivity index (χ3v) is 5.15. The van der Waals surface area contributed by atoms with Gasteiger partial charge in [-0.2, -0.15) is 0 Å². The standard InChI is InChI=1S/C22H22N6O4/c1-32-18-5-2-15(3-6-18)16-12-24-21(25-13-16)26-17-4-7-19(23-14-17)20(29)27-8-10-28(11-9-27)22(30)31/h2-7,12-14H,8-11H2,1H3,(H,30,31)(H,24,25,26). The molecule has 0 unspecified atom stereocenters. The van der Waals surface area contributed by atoms with E-state index in [2.05, 4.69) is 20.3 Å². The molecule has 1 fully saturated rings. The summed E-state index contributed by atoms with van der Waals surface area (Å²) in [6.45, 7) is 1.29. The molecule has 0 aliphatic carbocycles. The molecule has 3 heterocycles. The quantitative estimate of drug-likeness (QED) is 0.629. The van der Waals surface area contributed by atoms with E-state index in [4.69, 9.17) is 9.84 Å². The van der Waals surface area contributed by atoms with E-state index in [-0.39, 0.29) is 5.91 Å². The first-order valence-corrected chi connectivity index (χ1v) is 10.00. The van der Waals surface area contributed by atoms with E-state index in [9.17, 15) is 9.59 Å². The summed E-state index contributed by atoms with van der Waals surface area (Å²) in [6, 6.07) is 11.0. The molecule has 2 N–H and O–H groups in total. The van der Waals surface area contributed by atoms with Crippen LogP contribution in [0.3, 0.4) is 0 Å². The van der Waals surface area contributed by atoms with Crippen LogP contribution in [0.4, 0.5) is 16.4 Å². The maximum atomic E-state index is 12.6. The van der Waals surface area contributed by atoms with Crippen LogP contribution in [-0.2, 0) is 0 Å². The van der Waals surface area contributed by atoms with Crippen molar-refractivity contribution in [2.75, 3.05) is 38.6 Å². The summed E-state index contributed by atoms with van der Waals surface area (Å²) >= 11 is 0. The van der Waals surface area contributed by atoms with Gasteiger partial charge < -0.3 is 25.0 Å². The number of nitrogens with zero attached hydrogens (tertiary/aromatic N) is 5. The van der Waals surface area contributed by atoms with Crippen molar-refractivity contribution < 1.29 is 19.4 Å². The van der Waals surface area contributed by atoms with Crippen LogP contribution in [-0.4, -0.2) is 75.1 Å². The molecule has 0 spiro atoms. The second-order valence-corrected chi connectivity index (χ2v) is 7.14. The zero-order valence-corrected chi connectivity index (χ0v) is 17.4. The molecule has 164 valence electrons. The maximum absolute atomic E-state index is 12.6. The molecule has 1 aliphatic rings. The number of amides is 2. The molecular formula is C22H22N6O4. The molecule has 0 bridgehead atoms. The normalized spacial score (nSPS) is 13.5. The van der Waals surface area contributed by atoms with E-state index in [1.54, 1.807) is 42.7 Å². The number of carbonyl (C=O) groups excluding carboxylic acids is 1. The number of ether oxygens (including phenoxy) is 1. The number of nitrogens with one attached hydrogen (secondary N) is 1. The van der Waals surface area contributed by atoms with Crippen molar-refractivity contribution in [3.63, 3.8) is 0 Å². The molecule has 10 nitrogen and oxygen atoms in total. The lowest BCUT2D eigenvalue weighted by Gasteiger charge is -2.32. The van der Waals surface area contributed by atoms with Crippen LogP contribution < -0.4 is 10.1 Å². The number of carboxylic acid groups (broad SMARTS) is 1. The molecule has 32 heavy (non-hydrogen) atoms. The van der Waals surface area contributed by atoms with Crippen molar-refractivity contribution in [1.29, 1.82) is 0 Å². The Morgan fingerprint density at radius 3 is 2.09 bits per heavy atom. The minimum absolute atomic E-state index is 0.221. The summed E-state index contributed by atoms with van der Waals surface area (Å²) in [5, 5.41) is 12.1. The summed E-state index contributed by atoms with van der Waals surface area (Å²) in [4.78, 5) is 39.4. The van der Waals surface area contributed by atoms with Crippen LogP contribution in [0.2, 0.25) is 0 Å².